The Morgan fingerprint density at radius 1 is 1.21 bits per heavy atom. The van der Waals surface area contributed by atoms with Gasteiger partial charge in [0, 0.05) is 11.5 Å². The minimum absolute atomic E-state index is 0.0217. The van der Waals surface area contributed by atoms with E-state index >= 15 is 0 Å². The topological polar surface area (TPSA) is 182 Å². The van der Waals surface area contributed by atoms with Crippen LogP contribution in [0.3, 0.4) is 0 Å². The molecule has 33 heavy (non-hydrogen) atoms. The summed E-state index contributed by atoms with van der Waals surface area (Å²) in [5.41, 5.74) is 1.53. The third-order valence-corrected chi connectivity index (χ3v) is 7.41. The van der Waals surface area contributed by atoms with Crippen molar-refractivity contribution >= 4 is 23.2 Å². The van der Waals surface area contributed by atoms with Crippen LogP contribution in [0.4, 0.5) is 0 Å². The van der Waals surface area contributed by atoms with Gasteiger partial charge < -0.3 is 31.3 Å². The number of aromatic hydroxyl groups is 1. The summed E-state index contributed by atoms with van der Waals surface area (Å²) in [6.45, 7) is 3.64. The van der Waals surface area contributed by atoms with Crippen molar-refractivity contribution in [2.75, 3.05) is 13.6 Å². The number of primary amides is 1. The molecule has 1 aromatic rings. The van der Waals surface area contributed by atoms with Crippen molar-refractivity contribution < 1.29 is 39.9 Å². The number of aliphatic hydroxyl groups is 4. The standard InChI is InChI=1S/C23H26N2O8/c1-4-25(3)16-15-18(28)11-8(2)9-6-5-7-10(26)12(9)17(27)13(11)20(30)23(15,33)21(31)14(19(16)29)22(24)32/h5-8,11,15-16,18,26-28,31,33H,4H2,1-3H3,(H2,24,32)/t8?,11?,15?,16-,18?,23-/m0/s1. The number of nitrogens with two attached hydrogens (primary N) is 1. The highest BCUT2D eigenvalue weighted by atomic mass is 16.4. The van der Waals surface area contributed by atoms with Crippen LogP contribution in [0.25, 0.3) is 5.76 Å². The lowest BCUT2D eigenvalue weighted by Crippen LogP contribution is -2.70. The minimum Gasteiger partial charge on any atom is -0.508 e. The number of carbonyl (C=O) groups excluding carboxylic acids is 3. The number of nitrogens with zero attached hydrogens (tertiary/aromatic N) is 1. The van der Waals surface area contributed by atoms with Crippen molar-refractivity contribution in [2.45, 2.75) is 37.5 Å². The normalized spacial score (nSPS) is 33.7. The molecule has 1 amide bonds. The minimum atomic E-state index is -2.90. The molecule has 7 N–H and O–H groups in total. The van der Waals surface area contributed by atoms with Crippen LogP contribution in [0.5, 0.6) is 5.75 Å². The maximum atomic E-state index is 13.7. The van der Waals surface area contributed by atoms with E-state index in [-0.39, 0.29) is 17.9 Å². The first-order valence-corrected chi connectivity index (χ1v) is 10.6. The second-order valence-electron chi connectivity index (χ2n) is 8.90. The van der Waals surface area contributed by atoms with E-state index in [2.05, 4.69) is 0 Å². The van der Waals surface area contributed by atoms with Gasteiger partial charge in [-0.1, -0.05) is 26.0 Å². The Morgan fingerprint density at radius 3 is 2.42 bits per heavy atom. The molecule has 10 nitrogen and oxygen atoms in total. The first-order valence-electron chi connectivity index (χ1n) is 10.6. The van der Waals surface area contributed by atoms with Crippen LogP contribution in [0.2, 0.25) is 0 Å². The fourth-order valence-corrected chi connectivity index (χ4v) is 5.69. The average Bonchev–Trinajstić information content (AvgIpc) is 2.75. The number of phenolic OH excluding ortho intramolecular Hbond substituents is 1. The van der Waals surface area contributed by atoms with Crippen molar-refractivity contribution in [1.82, 2.24) is 4.90 Å². The van der Waals surface area contributed by atoms with Gasteiger partial charge in [0.25, 0.3) is 5.91 Å². The number of amides is 1. The summed E-state index contributed by atoms with van der Waals surface area (Å²) in [4.78, 5) is 40.4. The second-order valence-corrected chi connectivity index (χ2v) is 8.90. The number of carbonyl (C=O) groups is 3. The van der Waals surface area contributed by atoms with Crippen molar-refractivity contribution in [3.63, 3.8) is 0 Å². The van der Waals surface area contributed by atoms with E-state index in [1.807, 2.05) is 0 Å². The lowest BCUT2D eigenvalue weighted by Gasteiger charge is -2.54. The van der Waals surface area contributed by atoms with Gasteiger partial charge in [0.05, 0.1) is 23.6 Å². The molecule has 4 rings (SSSR count). The van der Waals surface area contributed by atoms with Crippen molar-refractivity contribution in [1.29, 1.82) is 0 Å². The van der Waals surface area contributed by atoms with E-state index < -0.39 is 75.6 Å². The molecule has 0 spiro atoms. The first-order chi connectivity index (χ1) is 15.4. The Balaban J connectivity index is 2.06. The average molecular weight is 458 g/mol. The van der Waals surface area contributed by atoms with Gasteiger partial charge in [-0.15, -0.1) is 0 Å². The number of aliphatic hydroxyl groups excluding tert-OH is 3. The highest BCUT2D eigenvalue weighted by Crippen LogP contribution is 2.55. The molecule has 0 heterocycles. The van der Waals surface area contributed by atoms with Crippen LogP contribution in [-0.4, -0.2) is 79.2 Å². The van der Waals surface area contributed by atoms with E-state index in [9.17, 15) is 39.9 Å². The molecule has 0 aromatic heterocycles. The van der Waals surface area contributed by atoms with Gasteiger partial charge in [-0.2, -0.15) is 0 Å². The second kappa shape index (κ2) is 7.41. The summed E-state index contributed by atoms with van der Waals surface area (Å²) >= 11 is 0. The zero-order valence-electron chi connectivity index (χ0n) is 18.3. The number of fused-ring (bicyclic) bond motifs is 3. The summed E-state index contributed by atoms with van der Waals surface area (Å²) in [6.07, 6.45) is -1.59. The quantitative estimate of drug-likeness (QED) is 0.337. The molecule has 3 aliphatic rings. The third kappa shape index (κ3) is 2.74. The molecule has 4 unspecified atom stereocenters. The summed E-state index contributed by atoms with van der Waals surface area (Å²) in [5.74, 6) is -8.82. The summed E-state index contributed by atoms with van der Waals surface area (Å²) in [5, 5.41) is 55.2. The van der Waals surface area contributed by atoms with Gasteiger partial charge in [0.2, 0.25) is 5.78 Å². The lowest BCUT2D eigenvalue weighted by atomic mass is 9.54. The fourth-order valence-electron chi connectivity index (χ4n) is 5.69. The Kier molecular flexibility index (Phi) is 5.15. The maximum Gasteiger partial charge on any atom is 0.255 e. The molecule has 0 aliphatic heterocycles. The number of Topliss-reactive ketones (excluding diaryl/α,β-unsaturated/α-hetero) is 2. The van der Waals surface area contributed by atoms with Crippen molar-refractivity contribution in [3.05, 3.63) is 46.2 Å². The third-order valence-electron chi connectivity index (χ3n) is 7.41. The molecule has 3 aliphatic carbocycles. The Morgan fingerprint density at radius 2 is 1.85 bits per heavy atom. The zero-order valence-corrected chi connectivity index (χ0v) is 18.3. The van der Waals surface area contributed by atoms with E-state index in [0.29, 0.717) is 5.56 Å². The van der Waals surface area contributed by atoms with Gasteiger partial charge in [-0.3, -0.25) is 19.3 Å². The first kappa shape index (κ1) is 23.0. The number of ketones is 2. The Bertz CT molecular complexity index is 1160. The molecule has 10 heteroatoms. The van der Waals surface area contributed by atoms with Gasteiger partial charge in [0.1, 0.15) is 22.8 Å². The number of rotatable bonds is 3. The molecule has 1 aromatic carbocycles. The lowest BCUT2D eigenvalue weighted by molar-refractivity contribution is -0.170. The fraction of sp³-hybridized carbons (Fsp3) is 0.435. The molecule has 6 atom stereocenters. The van der Waals surface area contributed by atoms with Crippen LogP contribution >= 0.6 is 0 Å². The molecule has 0 radical (unpaired) electrons. The number of benzene rings is 1. The SMILES string of the molecule is CCN(C)[C@@H]1C(=O)C(C(N)=O)=C(O)[C@@]2(O)C(=O)C3=C(O)c4c(O)cccc4C(C)C3C(O)C12. The highest BCUT2D eigenvalue weighted by molar-refractivity contribution is 6.24. The largest absolute Gasteiger partial charge is 0.508 e. The summed E-state index contributed by atoms with van der Waals surface area (Å²) < 4.78 is 0. The van der Waals surface area contributed by atoms with E-state index in [4.69, 9.17) is 5.73 Å². The van der Waals surface area contributed by atoms with E-state index in [0.717, 1.165) is 0 Å². The maximum absolute atomic E-state index is 13.7. The molecule has 0 bridgehead atoms. The molecular formula is C23H26N2O8. The van der Waals surface area contributed by atoms with Crippen LogP contribution in [0.15, 0.2) is 35.1 Å². The van der Waals surface area contributed by atoms with Crippen LogP contribution < -0.4 is 5.73 Å². The number of hydrogen-bond acceptors (Lipinski definition) is 9. The van der Waals surface area contributed by atoms with Gasteiger partial charge >= 0.3 is 0 Å². The smallest absolute Gasteiger partial charge is 0.255 e. The molecule has 1 saturated carbocycles. The molecule has 176 valence electrons. The summed E-state index contributed by atoms with van der Waals surface area (Å²) in [7, 11) is 1.52. The van der Waals surface area contributed by atoms with Gasteiger partial charge in [-0.25, -0.2) is 0 Å². The van der Waals surface area contributed by atoms with E-state index in [1.165, 1.54) is 18.0 Å². The molecular weight excluding hydrogens is 432 g/mol. The monoisotopic (exact) mass is 458 g/mol. The molecule has 0 saturated heterocycles. The van der Waals surface area contributed by atoms with Crippen LogP contribution in [0.1, 0.15) is 30.9 Å². The number of likely N-dealkylation sites (N-methyl/N-ethyl adjacent to an activating group) is 1. The predicted molar refractivity (Wildman–Crippen MR) is 115 cm³/mol. The van der Waals surface area contributed by atoms with E-state index in [1.54, 1.807) is 26.0 Å². The summed E-state index contributed by atoms with van der Waals surface area (Å²) in [6, 6.07) is 3.16. The Labute approximate surface area is 189 Å². The predicted octanol–water partition coefficient (Wildman–Crippen LogP) is -0.114. The van der Waals surface area contributed by atoms with Crippen LogP contribution in [-0.2, 0) is 14.4 Å². The molecule has 1 fully saturated rings. The van der Waals surface area contributed by atoms with Crippen molar-refractivity contribution in [3.8, 4) is 5.75 Å². The highest BCUT2D eigenvalue weighted by Gasteiger charge is 2.68. The van der Waals surface area contributed by atoms with Gasteiger partial charge in [0.15, 0.2) is 11.4 Å². The van der Waals surface area contributed by atoms with Crippen LogP contribution in [0, 0.1) is 11.8 Å². The van der Waals surface area contributed by atoms with Gasteiger partial charge in [-0.05, 0) is 31.1 Å². The number of phenols is 1. The Hall–Kier alpha value is -3.21. The number of hydrogen-bond donors (Lipinski definition) is 6. The zero-order chi connectivity index (χ0) is 24.6. The van der Waals surface area contributed by atoms with Crippen molar-refractivity contribution in [2.24, 2.45) is 17.6 Å².